The summed E-state index contributed by atoms with van der Waals surface area (Å²) in [6.07, 6.45) is -2.83. The molecule has 0 radical (unpaired) electrons. The van der Waals surface area contributed by atoms with Gasteiger partial charge in [0.1, 0.15) is 12.1 Å². The average molecular weight is 437 g/mol. The summed E-state index contributed by atoms with van der Waals surface area (Å²) in [5.41, 5.74) is 2.68. The Balaban J connectivity index is 1.57. The van der Waals surface area contributed by atoms with Crippen molar-refractivity contribution in [3.63, 3.8) is 0 Å². The Morgan fingerprint density at radius 2 is 1.53 bits per heavy atom. The molecule has 0 fully saturated rings. The number of aromatic nitrogens is 2. The molecule has 0 atom stereocenters. The van der Waals surface area contributed by atoms with Crippen LogP contribution in [0.4, 0.5) is 23.2 Å². The maximum absolute atomic E-state index is 13.4. The van der Waals surface area contributed by atoms with Gasteiger partial charge in [-0.1, -0.05) is 12.1 Å². The van der Waals surface area contributed by atoms with Crippen molar-refractivity contribution in [2.24, 2.45) is 0 Å². The number of para-hydroxylation sites is 2. The minimum Gasteiger partial charge on any atom is -0.300 e. The first-order valence-corrected chi connectivity index (χ1v) is 9.73. The highest BCUT2D eigenvalue weighted by atomic mass is 19.4. The highest BCUT2D eigenvalue weighted by Gasteiger charge is 2.32. The molecular weight excluding hydrogens is 422 g/mol. The zero-order valence-corrected chi connectivity index (χ0v) is 16.5. The van der Waals surface area contributed by atoms with E-state index in [1.54, 1.807) is 30.6 Å². The van der Waals surface area contributed by atoms with Crippen molar-refractivity contribution >= 4 is 11.6 Å². The third-order valence-electron chi connectivity index (χ3n) is 5.43. The summed E-state index contributed by atoms with van der Waals surface area (Å²) in [5, 5.41) is 0. The van der Waals surface area contributed by atoms with Crippen molar-refractivity contribution in [3.05, 3.63) is 102 Å². The number of amides is 1. The Bertz CT molecular complexity index is 1310. The summed E-state index contributed by atoms with van der Waals surface area (Å²) in [5.74, 6) is -0.796. The molecule has 2 heterocycles. The van der Waals surface area contributed by atoms with Crippen molar-refractivity contribution in [3.8, 4) is 16.9 Å². The van der Waals surface area contributed by atoms with E-state index in [9.17, 15) is 22.4 Å². The fraction of sp³-hybridized carbons (Fsp3) is 0.0833. The molecule has 4 nitrogen and oxygen atoms in total. The van der Waals surface area contributed by atoms with Crippen molar-refractivity contribution in [1.29, 1.82) is 0 Å². The molecule has 32 heavy (non-hydrogen) atoms. The fourth-order valence-corrected chi connectivity index (χ4v) is 3.85. The normalized spacial score (nSPS) is 12.9. The van der Waals surface area contributed by atoms with E-state index in [0.29, 0.717) is 16.9 Å². The van der Waals surface area contributed by atoms with Gasteiger partial charge in [-0.3, -0.25) is 9.36 Å². The van der Waals surface area contributed by atoms with E-state index < -0.39 is 17.6 Å². The third-order valence-corrected chi connectivity index (χ3v) is 5.43. The van der Waals surface area contributed by atoms with Gasteiger partial charge in [0.05, 0.1) is 34.9 Å². The van der Waals surface area contributed by atoms with Crippen LogP contribution in [0, 0.1) is 5.82 Å². The van der Waals surface area contributed by atoms with E-state index in [0.717, 1.165) is 23.5 Å². The zero-order chi connectivity index (χ0) is 22.5. The minimum absolute atomic E-state index is 0.143. The van der Waals surface area contributed by atoms with Crippen LogP contribution in [-0.2, 0) is 12.7 Å². The number of rotatable bonds is 2. The second-order valence-electron chi connectivity index (χ2n) is 7.37. The van der Waals surface area contributed by atoms with Gasteiger partial charge in [0.15, 0.2) is 0 Å². The average Bonchev–Trinajstić information content (AvgIpc) is 3.22. The molecule has 160 valence electrons. The van der Waals surface area contributed by atoms with Crippen LogP contribution in [-0.4, -0.2) is 15.5 Å². The highest BCUT2D eigenvalue weighted by molar-refractivity contribution is 6.07. The first-order chi connectivity index (χ1) is 15.3. The number of carbonyl (C=O) groups is 1. The quantitative estimate of drug-likeness (QED) is 0.369. The Morgan fingerprint density at radius 1 is 0.875 bits per heavy atom. The molecule has 8 heteroatoms. The zero-order valence-electron chi connectivity index (χ0n) is 16.5. The number of alkyl halides is 3. The van der Waals surface area contributed by atoms with Crippen molar-refractivity contribution in [2.75, 3.05) is 4.90 Å². The monoisotopic (exact) mass is 437 g/mol. The van der Waals surface area contributed by atoms with Crippen LogP contribution in [0.3, 0.4) is 0 Å². The lowest BCUT2D eigenvalue weighted by atomic mass is 10.1. The largest absolute Gasteiger partial charge is 0.416 e. The second kappa shape index (κ2) is 7.33. The second-order valence-corrected chi connectivity index (χ2v) is 7.37. The maximum atomic E-state index is 13.4. The number of fused-ring (bicyclic) bond motifs is 3. The number of carbonyl (C=O) groups excluding carboxylic acids is 1. The van der Waals surface area contributed by atoms with E-state index in [1.165, 1.54) is 29.2 Å². The predicted octanol–water partition coefficient (Wildman–Crippen LogP) is 5.86. The molecule has 5 rings (SSSR count). The number of anilines is 1. The van der Waals surface area contributed by atoms with Gasteiger partial charge in [-0.25, -0.2) is 9.37 Å². The molecule has 3 aromatic carbocycles. The molecule has 1 aliphatic heterocycles. The van der Waals surface area contributed by atoms with Gasteiger partial charge in [0.2, 0.25) is 0 Å². The molecule has 1 aliphatic rings. The highest BCUT2D eigenvalue weighted by Crippen LogP contribution is 2.37. The molecule has 0 saturated carbocycles. The fourth-order valence-electron chi connectivity index (χ4n) is 3.85. The Labute approximate surface area is 180 Å². The van der Waals surface area contributed by atoms with Gasteiger partial charge >= 0.3 is 6.18 Å². The Morgan fingerprint density at radius 3 is 2.19 bits per heavy atom. The summed E-state index contributed by atoms with van der Waals surface area (Å²) < 4.78 is 54.0. The standard InChI is InChI=1S/C24H15F4N3O/c25-18-11-7-15(8-12-18)22-21-13-30(19-3-1-2-4-20(19)31(21)14-29-22)23(32)16-5-9-17(10-6-16)24(26,27)28/h1-12,14H,13H2. The molecular formula is C24H15F4N3O. The van der Waals surface area contributed by atoms with E-state index >= 15 is 0 Å². The lowest BCUT2D eigenvalue weighted by Crippen LogP contribution is -2.35. The van der Waals surface area contributed by atoms with Crippen LogP contribution in [0.25, 0.3) is 16.9 Å². The summed E-state index contributed by atoms with van der Waals surface area (Å²) in [6.45, 7) is 0.156. The summed E-state index contributed by atoms with van der Waals surface area (Å²) >= 11 is 0. The molecule has 0 unspecified atom stereocenters. The number of nitrogens with zero attached hydrogens (tertiary/aromatic N) is 3. The van der Waals surface area contributed by atoms with E-state index in [4.69, 9.17) is 0 Å². The van der Waals surface area contributed by atoms with Gasteiger partial charge in [0, 0.05) is 11.1 Å². The van der Waals surface area contributed by atoms with Crippen molar-refractivity contribution < 1.29 is 22.4 Å². The van der Waals surface area contributed by atoms with Gasteiger partial charge < -0.3 is 4.90 Å². The van der Waals surface area contributed by atoms with Crippen LogP contribution in [0.5, 0.6) is 0 Å². The molecule has 0 N–H and O–H groups in total. The first kappa shape index (κ1) is 20.0. The number of halogens is 4. The summed E-state index contributed by atoms with van der Waals surface area (Å²) in [6, 6.07) is 17.3. The molecule has 0 aliphatic carbocycles. The van der Waals surface area contributed by atoms with Crippen LogP contribution < -0.4 is 4.90 Å². The number of hydrogen-bond acceptors (Lipinski definition) is 2. The third kappa shape index (κ3) is 3.33. The van der Waals surface area contributed by atoms with E-state index in [2.05, 4.69) is 4.98 Å². The lowest BCUT2D eigenvalue weighted by molar-refractivity contribution is -0.137. The Hall–Kier alpha value is -3.94. The lowest BCUT2D eigenvalue weighted by Gasteiger charge is -2.31. The predicted molar refractivity (Wildman–Crippen MR) is 111 cm³/mol. The van der Waals surface area contributed by atoms with Crippen molar-refractivity contribution in [2.45, 2.75) is 12.7 Å². The van der Waals surface area contributed by atoms with Crippen LogP contribution in [0.1, 0.15) is 21.6 Å². The smallest absolute Gasteiger partial charge is 0.300 e. The number of benzene rings is 3. The van der Waals surface area contributed by atoms with Gasteiger partial charge in [-0.05, 0) is 60.7 Å². The SMILES string of the molecule is O=C(c1ccc(C(F)(F)F)cc1)N1Cc2c(-c3ccc(F)cc3)ncn2-c2ccccc21. The van der Waals surface area contributed by atoms with Crippen molar-refractivity contribution in [1.82, 2.24) is 9.55 Å². The number of hydrogen-bond donors (Lipinski definition) is 0. The molecule has 1 aromatic heterocycles. The maximum Gasteiger partial charge on any atom is 0.416 e. The molecule has 0 spiro atoms. The van der Waals surface area contributed by atoms with Gasteiger partial charge in [-0.2, -0.15) is 13.2 Å². The Kier molecular flexibility index (Phi) is 4.58. The summed E-state index contributed by atoms with van der Waals surface area (Å²) in [4.78, 5) is 19.3. The topological polar surface area (TPSA) is 38.1 Å². The van der Waals surface area contributed by atoms with Crippen LogP contribution >= 0.6 is 0 Å². The summed E-state index contributed by atoms with van der Waals surface area (Å²) in [7, 11) is 0. The number of imidazole rings is 1. The van der Waals surface area contributed by atoms with E-state index in [1.807, 2.05) is 16.7 Å². The van der Waals surface area contributed by atoms with Crippen LogP contribution in [0.15, 0.2) is 79.1 Å². The van der Waals surface area contributed by atoms with Gasteiger partial charge in [-0.15, -0.1) is 0 Å². The van der Waals surface area contributed by atoms with Crippen LogP contribution in [0.2, 0.25) is 0 Å². The molecule has 0 saturated heterocycles. The molecule has 1 amide bonds. The molecule has 0 bridgehead atoms. The molecule has 4 aromatic rings. The first-order valence-electron chi connectivity index (χ1n) is 9.73. The van der Waals surface area contributed by atoms with Gasteiger partial charge in [0.25, 0.3) is 5.91 Å². The van der Waals surface area contributed by atoms with E-state index in [-0.39, 0.29) is 17.9 Å². The minimum atomic E-state index is -4.48.